The average molecular weight is 515 g/mol. The summed E-state index contributed by atoms with van der Waals surface area (Å²) in [4.78, 5) is 56.1. The van der Waals surface area contributed by atoms with E-state index in [1.807, 2.05) is 0 Å². The molecule has 0 radical (unpaired) electrons. The van der Waals surface area contributed by atoms with E-state index in [0.29, 0.717) is 30.8 Å². The number of ketones is 1. The highest BCUT2D eigenvalue weighted by Gasteiger charge is 2.50. The molecule has 11 heteroatoms. The predicted octanol–water partition coefficient (Wildman–Crippen LogP) is 1.13. The highest BCUT2D eigenvalue weighted by atomic mass is 19.1. The normalized spacial score (nSPS) is 25.7. The maximum Gasteiger partial charge on any atom is 0.274 e. The molecule has 3 heterocycles. The molecule has 1 saturated carbocycles. The van der Waals surface area contributed by atoms with Gasteiger partial charge in [0.25, 0.3) is 5.91 Å². The molecule has 3 aliphatic rings. The van der Waals surface area contributed by atoms with Crippen LogP contribution in [-0.2, 0) is 14.4 Å². The van der Waals surface area contributed by atoms with Crippen molar-refractivity contribution in [3.05, 3.63) is 29.7 Å². The number of amides is 3. The third-order valence-electron chi connectivity index (χ3n) is 8.12. The first-order valence-corrected chi connectivity index (χ1v) is 12.7. The molecule has 37 heavy (non-hydrogen) atoms. The van der Waals surface area contributed by atoms with Gasteiger partial charge in [-0.25, -0.2) is 4.39 Å². The van der Waals surface area contributed by atoms with Crippen molar-refractivity contribution in [2.24, 2.45) is 17.8 Å². The Hall–Kier alpha value is -3.47. The second-order valence-electron chi connectivity index (χ2n) is 10.2. The van der Waals surface area contributed by atoms with Crippen LogP contribution in [0.15, 0.2) is 18.2 Å². The third-order valence-corrected chi connectivity index (χ3v) is 8.12. The zero-order valence-electron chi connectivity index (χ0n) is 20.6. The van der Waals surface area contributed by atoms with E-state index in [9.17, 15) is 24.3 Å². The van der Waals surface area contributed by atoms with E-state index < -0.39 is 48.0 Å². The molecular formula is C26H31FN4O6. The molecular weight excluding hydrogens is 483 g/mol. The lowest BCUT2D eigenvalue weighted by Gasteiger charge is -2.29. The first-order chi connectivity index (χ1) is 17.8. The van der Waals surface area contributed by atoms with Crippen molar-refractivity contribution in [2.45, 2.75) is 44.2 Å². The largest absolute Gasteiger partial charge is 0.496 e. The van der Waals surface area contributed by atoms with Crippen LogP contribution in [0.3, 0.4) is 0 Å². The number of carbonyl (C=O) groups excluding carboxylic acids is 4. The van der Waals surface area contributed by atoms with Crippen molar-refractivity contribution >= 4 is 34.4 Å². The van der Waals surface area contributed by atoms with Crippen molar-refractivity contribution in [1.82, 2.24) is 20.5 Å². The maximum absolute atomic E-state index is 15.5. The highest BCUT2D eigenvalue weighted by molar-refractivity contribution is 6.03. The number of aromatic nitrogens is 1. The molecule has 1 aromatic carbocycles. The summed E-state index contributed by atoms with van der Waals surface area (Å²) in [6, 6.07) is 2.99. The number of methoxy groups -OCH3 is 1. The maximum atomic E-state index is 15.5. The minimum absolute atomic E-state index is 0.0716. The number of aliphatic hydroxyl groups excluding tert-OH is 1. The van der Waals surface area contributed by atoms with Gasteiger partial charge in [0.05, 0.1) is 24.1 Å². The molecule has 1 aliphatic carbocycles. The van der Waals surface area contributed by atoms with Crippen LogP contribution in [0.5, 0.6) is 5.75 Å². The second-order valence-corrected chi connectivity index (χ2v) is 10.2. The van der Waals surface area contributed by atoms with Crippen molar-refractivity contribution < 1.29 is 33.4 Å². The van der Waals surface area contributed by atoms with Gasteiger partial charge in [0, 0.05) is 19.0 Å². The van der Waals surface area contributed by atoms with Crippen LogP contribution in [0.4, 0.5) is 4.39 Å². The molecule has 3 amide bonds. The van der Waals surface area contributed by atoms with Gasteiger partial charge in [-0.1, -0.05) is 12.5 Å². The zero-order chi connectivity index (χ0) is 26.3. The Labute approximate surface area is 212 Å². The van der Waals surface area contributed by atoms with Crippen molar-refractivity contribution in [3.8, 4) is 5.75 Å². The highest BCUT2D eigenvalue weighted by Crippen LogP contribution is 2.43. The SMILES string of the molecule is COc1cccc2[nH]c(C(=O)N3CC4CCCC4C3C(=O)NC(CC3CCNC3=O)C(=O)CO)c(F)c12. The topological polar surface area (TPSA) is 141 Å². The lowest BCUT2D eigenvalue weighted by atomic mass is 9.92. The van der Waals surface area contributed by atoms with Crippen LogP contribution >= 0.6 is 0 Å². The quantitative estimate of drug-likeness (QED) is 0.416. The molecule has 1 aromatic heterocycles. The van der Waals surface area contributed by atoms with Crippen LogP contribution in [0.25, 0.3) is 10.9 Å². The molecule has 5 unspecified atom stereocenters. The van der Waals surface area contributed by atoms with Crippen LogP contribution in [0.1, 0.15) is 42.6 Å². The number of nitrogens with one attached hydrogen (secondary N) is 3. The fraction of sp³-hybridized carbons (Fsp3) is 0.538. The Morgan fingerprint density at radius 2 is 2.08 bits per heavy atom. The minimum atomic E-state index is -1.06. The van der Waals surface area contributed by atoms with Gasteiger partial charge >= 0.3 is 0 Å². The van der Waals surface area contributed by atoms with Gasteiger partial charge in [-0.05, 0) is 49.7 Å². The molecule has 2 aliphatic heterocycles. The molecule has 0 spiro atoms. The molecule has 10 nitrogen and oxygen atoms in total. The smallest absolute Gasteiger partial charge is 0.274 e. The first-order valence-electron chi connectivity index (χ1n) is 12.7. The Kier molecular flexibility index (Phi) is 6.89. The predicted molar refractivity (Wildman–Crippen MR) is 130 cm³/mol. The Morgan fingerprint density at radius 1 is 1.27 bits per heavy atom. The van der Waals surface area contributed by atoms with Crippen LogP contribution in [0, 0.1) is 23.6 Å². The number of halogens is 1. The van der Waals surface area contributed by atoms with Crippen LogP contribution < -0.4 is 15.4 Å². The van der Waals surface area contributed by atoms with Gasteiger partial charge in [-0.3, -0.25) is 19.2 Å². The molecule has 0 bridgehead atoms. The van der Waals surface area contributed by atoms with E-state index >= 15 is 4.39 Å². The summed E-state index contributed by atoms with van der Waals surface area (Å²) in [5.74, 6) is -2.87. The lowest BCUT2D eigenvalue weighted by Crippen LogP contribution is -2.53. The molecule has 3 fully saturated rings. The van der Waals surface area contributed by atoms with E-state index in [2.05, 4.69) is 15.6 Å². The zero-order valence-corrected chi connectivity index (χ0v) is 20.6. The second kappa shape index (κ2) is 10.1. The van der Waals surface area contributed by atoms with Gasteiger partial charge in [0.1, 0.15) is 24.1 Å². The fourth-order valence-electron chi connectivity index (χ4n) is 6.28. The molecule has 5 atom stereocenters. The Balaban J connectivity index is 1.42. The summed E-state index contributed by atoms with van der Waals surface area (Å²) in [6.07, 6.45) is 3.11. The number of aromatic amines is 1. The van der Waals surface area contributed by atoms with Gasteiger partial charge in [0.15, 0.2) is 11.6 Å². The monoisotopic (exact) mass is 514 g/mol. The van der Waals surface area contributed by atoms with Crippen molar-refractivity contribution in [1.29, 1.82) is 0 Å². The van der Waals surface area contributed by atoms with Gasteiger partial charge in [-0.2, -0.15) is 0 Å². The Morgan fingerprint density at radius 3 is 2.78 bits per heavy atom. The standard InChI is InChI=1S/C26H31FN4O6/c1-37-19-7-3-6-16-20(19)21(27)22(29-16)26(36)31-11-14-4-2-5-15(14)23(31)25(35)30-17(18(33)12-32)10-13-8-9-28-24(13)34/h3,6-7,13-15,17,23,29,32H,2,4-5,8-12H2,1H3,(H,28,34)(H,30,35). The number of Topliss-reactive ketones (excluding diaryl/α,β-unsaturated/α-hetero) is 1. The number of nitrogens with zero attached hydrogens (tertiary/aromatic N) is 1. The number of H-pyrrole nitrogens is 1. The summed E-state index contributed by atoms with van der Waals surface area (Å²) in [6.45, 7) is 0.0188. The van der Waals surface area contributed by atoms with E-state index in [4.69, 9.17) is 4.74 Å². The number of ether oxygens (including phenoxy) is 1. The number of aliphatic hydroxyl groups is 1. The number of rotatable bonds is 8. The fourth-order valence-corrected chi connectivity index (χ4v) is 6.28. The summed E-state index contributed by atoms with van der Waals surface area (Å²) in [7, 11) is 1.42. The lowest BCUT2D eigenvalue weighted by molar-refractivity contribution is -0.133. The number of carbonyl (C=O) groups is 4. The number of hydrogen-bond acceptors (Lipinski definition) is 6. The van der Waals surface area contributed by atoms with E-state index in [-0.39, 0.29) is 35.2 Å². The summed E-state index contributed by atoms with van der Waals surface area (Å²) >= 11 is 0. The van der Waals surface area contributed by atoms with Crippen molar-refractivity contribution in [2.75, 3.05) is 26.8 Å². The van der Waals surface area contributed by atoms with Crippen LogP contribution in [-0.4, -0.2) is 77.4 Å². The third kappa shape index (κ3) is 4.45. The van der Waals surface area contributed by atoms with Gasteiger partial charge < -0.3 is 30.4 Å². The number of likely N-dealkylation sites (tertiary alicyclic amines) is 1. The number of fused-ring (bicyclic) bond motifs is 2. The van der Waals surface area contributed by atoms with Gasteiger partial charge in [-0.15, -0.1) is 0 Å². The molecule has 198 valence electrons. The average Bonchev–Trinajstić information content (AvgIpc) is 3.66. The number of benzene rings is 1. The van der Waals surface area contributed by atoms with E-state index in [1.54, 1.807) is 18.2 Å². The Bertz CT molecular complexity index is 1250. The molecule has 5 rings (SSSR count). The van der Waals surface area contributed by atoms with Crippen LogP contribution in [0.2, 0.25) is 0 Å². The summed E-state index contributed by atoms with van der Waals surface area (Å²) < 4.78 is 20.7. The van der Waals surface area contributed by atoms with E-state index in [0.717, 1.165) is 19.3 Å². The minimum Gasteiger partial charge on any atom is -0.496 e. The summed E-state index contributed by atoms with van der Waals surface area (Å²) in [5.41, 5.74) is 0.159. The van der Waals surface area contributed by atoms with Crippen molar-refractivity contribution in [3.63, 3.8) is 0 Å². The van der Waals surface area contributed by atoms with E-state index in [1.165, 1.54) is 12.0 Å². The summed E-state index contributed by atoms with van der Waals surface area (Å²) in [5, 5.41) is 15.1. The molecule has 4 N–H and O–H groups in total. The molecule has 2 saturated heterocycles. The molecule has 2 aromatic rings. The number of hydrogen-bond donors (Lipinski definition) is 4. The van der Waals surface area contributed by atoms with Gasteiger partial charge in [0.2, 0.25) is 11.8 Å². The first kappa shape index (κ1) is 25.2.